The average Bonchev–Trinajstić information content (AvgIpc) is 2.72. The van der Waals surface area contributed by atoms with Crippen LogP contribution in [0.25, 0.3) is 0 Å². The van der Waals surface area contributed by atoms with E-state index in [9.17, 15) is 4.79 Å². The van der Waals surface area contributed by atoms with Crippen LogP contribution in [0.4, 0.5) is 0 Å². The van der Waals surface area contributed by atoms with Gasteiger partial charge in [0, 0.05) is 25.4 Å². The number of nitrogens with zero attached hydrogens (tertiary/aromatic N) is 1. The molecule has 1 aromatic carbocycles. The molecule has 1 unspecified atom stereocenters. The van der Waals surface area contributed by atoms with Crippen LogP contribution in [-0.2, 0) is 11.3 Å². The Labute approximate surface area is 114 Å². The molecule has 0 N–H and O–H groups in total. The fraction of sp³-hybridized carbons (Fsp3) is 0.438. The molecular formula is C16H21NO2. The number of ether oxygens (including phenoxy) is 1. The van der Waals surface area contributed by atoms with Crippen molar-refractivity contribution < 1.29 is 9.53 Å². The third-order valence-corrected chi connectivity index (χ3v) is 3.25. The van der Waals surface area contributed by atoms with Gasteiger partial charge in [-0.05, 0) is 31.5 Å². The number of rotatable bonds is 5. The number of amides is 1. The van der Waals surface area contributed by atoms with E-state index in [1.165, 1.54) is 0 Å². The maximum atomic E-state index is 11.8. The summed E-state index contributed by atoms with van der Waals surface area (Å²) in [5.74, 6) is 1.39. The van der Waals surface area contributed by atoms with Crippen LogP contribution >= 0.6 is 0 Å². The highest BCUT2D eigenvalue weighted by atomic mass is 16.5. The molecule has 1 aliphatic heterocycles. The molecule has 0 spiro atoms. The van der Waals surface area contributed by atoms with Gasteiger partial charge in [-0.15, -0.1) is 6.58 Å². The second-order valence-electron chi connectivity index (χ2n) is 5.28. The van der Waals surface area contributed by atoms with E-state index in [1.54, 1.807) is 0 Å². The van der Waals surface area contributed by atoms with Crippen molar-refractivity contribution >= 4 is 5.91 Å². The van der Waals surface area contributed by atoms with Crippen molar-refractivity contribution in [3.8, 4) is 5.75 Å². The van der Waals surface area contributed by atoms with E-state index in [0.29, 0.717) is 18.9 Å². The zero-order valence-corrected chi connectivity index (χ0v) is 11.6. The van der Waals surface area contributed by atoms with Crippen LogP contribution in [0.2, 0.25) is 0 Å². The van der Waals surface area contributed by atoms with E-state index in [4.69, 9.17) is 4.74 Å². The first-order chi connectivity index (χ1) is 9.08. The van der Waals surface area contributed by atoms with Crippen LogP contribution in [0.5, 0.6) is 5.75 Å². The summed E-state index contributed by atoms with van der Waals surface area (Å²) < 4.78 is 5.60. The molecule has 1 amide bonds. The van der Waals surface area contributed by atoms with Gasteiger partial charge >= 0.3 is 0 Å². The van der Waals surface area contributed by atoms with E-state index in [-0.39, 0.29) is 12.0 Å². The van der Waals surface area contributed by atoms with Crippen LogP contribution in [0, 0.1) is 5.92 Å². The first kappa shape index (κ1) is 13.7. The highest BCUT2D eigenvalue weighted by Gasteiger charge is 2.27. The van der Waals surface area contributed by atoms with Crippen LogP contribution in [-0.4, -0.2) is 23.5 Å². The number of hydrogen-bond acceptors (Lipinski definition) is 2. The summed E-state index contributed by atoms with van der Waals surface area (Å²) in [5, 5.41) is 0. The Morgan fingerprint density at radius 3 is 2.63 bits per heavy atom. The summed E-state index contributed by atoms with van der Waals surface area (Å²) in [5.41, 5.74) is 1.13. The van der Waals surface area contributed by atoms with Gasteiger partial charge in [0.25, 0.3) is 0 Å². The topological polar surface area (TPSA) is 29.5 Å². The lowest BCUT2D eigenvalue weighted by Crippen LogP contribution is -2.24. The number of carbonyl (C=O) groups excluding carboxylic acids is 1. The Morgan fingerprint density at radius 1 is 1.42 bits per heavy atom. The third-order valence-electron chi connectivity index (χ3n) is 3.25. The van der Waals surface area contributed by atoms with E-state index >= 15 is 0 Å². The molecule has 1 aromatic rings. The molecule has 3 nitrogen and oxygen atoms in total. The van der Waals surface area contributed by atoms with Crippen molar-refractivity contribution in [1.29, 1.82) is 0 Å². The summed E-state index contributed by atoms with van der Waals surface area (Å²) in [7, 11) is 0. The molecule has 0 radical (unpaired) electrons. The largest absolute Gasteiger partial charge is 0.491 e. The SMILES string of the molecule is C=CC1CC(=O)N(Cc2ccc(OC(C)C)cc2)C1. The summed E-state index contributed by atoms with van der Waals surface area (Å²) in [4.78, 5) is 13.7. The van der Waals surface area contributed by atoms with Crippen molar-refractivity contribution in [1.82, 2.24) is 4.90 Å². The molecule has 19 heavy (non-hydrogen) atoms. The van der Waals surface area contributed by atoms with Gasteiger partial charge in [0.05, 0.1) is 6.10 Å². The third kappa shape index (κ3) is 3.60. The quantitative estimate of drug-likeness (QED) is 0.761. The smallest absolute Gasteiger partial charge is 0.223 e. The number of likely N-dealkylation sites (tertiary alicyclic amines) is 1. The normalized spacial score (nSPS) is 19.0. The van der Waals surface area contributed by atoms with Crippen LogP contribution in [0.15, 0.2) is 36.9 Å². The number of benzene rings is 1. The Hall–Kier alpha value is -1.77. The van der Waals surface area contributed by atoms with Gasteiger partial charge in [-0.2, -0.15) is 0 Å². The van der Waals surface area contributed by atoms with Crippen LogP contribution in [0.1, 0.15) is 25.8 Å². The molecule has 1 saturated heterocycles. The zero-order valence-electron chi connectivity index (χ0n) is 11.6. The molecule has 1 atom stereocenters. The minimum atomic E-state index is 0.180. The van der Waals surface area contributed by atoms with Gasteiger partial charge < -0.3 is 9.64 Å². The zero-order chi connectivity index (χ0) is 13.8. The molecular weight excluding hydrogens is 238 g/mol. The molecule has 0 aromatic heterocycles. The molecule has 2 rings (SSSR count). The lowest BCUT2D eigenvalue weighted by atomic mass is 10.1. The number of hydrogen-bond donors (Lipinski definition) is 0. The molecule has 102 valence electrons. The van der Waals surface area contributed by atoms with Crippen LogP contribution in [0.3, 0.4) is 0 Å². The molecule has 1 fully saturated rings. The van der Waals surface area contributed by atoms with Crippen molar-refractivity contribution in [2.24, 2.45) is 5.92 Å². The minimum absolute atomic E-state index is 0.180. The fourth-order valence-electron chi connectivity index (χ4n) is 2.28. The summed E-state index contributed by atoms with van der Waals surface area (Å²) in [6.07, 6.45) is 2.65. The number of carbonyl (C=O) groups is 1. The molecule has 1 aliphatic rings. The Morgan fingerprint density at radius 2 is 2.11 bits per heavy atom. The van der Waals surface area contributed by atoms with Gasteiger partial charge in [0.1, 0.15) is 5.75 Å². The molecule has 0 saturated carbocycles. The van der Waals surface area contributed by atoms with Gasteiger partial charge in [0.2, 0.25) is 5.91 Å². The summed E-state index contributed by atoms with van der Waals surface area (Å²) in [6.45, 7) is 9.23. The van der Waals surface area contributed by atoms with E-state index in [2.05, 4.69) is 6.58 Å². The summed E-state index contributed by atoms with van der Waals surface area (Å²) in [6, 6.07) is 7.96. The van der Waals surface area contributed by atoms with Crippen molar-refractivity contribution in [2.45, 2.75) is 32.9 Å². The maximum absolute atomic E-state index is 11.8. The minimum Gasteiger partial charge on any atom is -0.491 e. The second kappa shape index (κ2) is 5.91. The van der Waals surface area contributed by atoms with E-state index < -0.39 is 0 Å². The Bertz CT molecular complexity index is 450. The first-order valence-corrected chi connectivity index (χ1v) is 6.74. The lowest BCUT2D eigenvalue weighted by Gasteiger charge is -2.16. The van der Waals surface area contributed by atoms with Gasteiger partial charge in [-0.3, -0.25) is 4.79 Å². The van der Waals surface area contributed by atoms with E-state index in [1.807, 2.05) is 49.1 Å². The van der Waals surface area contributed by atoms with Crippen LogP contribution < -0.4 is 4.74 Å². The highest BCUT2D eigenvalue weighted by molar-refractivity contribution is 5.79. The fourth-order valence-corrected chi connectivity index (χ4v) is 2.28. The molecule has 0 bridgehead atoms. The predicted molar refractivity (Wildman–Crippen MR) is 75.9 cm³/mol. The van der Waals surface area contributed by atoms with Crippen molar-refractivity contribution in [2.75, 3.05) is 6.54 Å². The van der Waals surface area contributed by atoms with Crippen molar-refractivity contribution in [3.63, 3.8) is 0 Å². The van der Waals surface area contributed by atoms with Gasteiger partial charge in [-0.1, -0.05) is 18.2 Å². The molecule has 3 heteroatoms. The highest BCUT2D eigenvalue weighted by Crippen LogP contribution is 2.22. The molecule has 1 heterocycles. The predicted octanol–water partition coefficient (Wildman–Crippen LogP) is 3.01. The molecule has 0 aliphatic carbocycles. The first-order valence-electron chi connectivity index (χ1n) is 6.74. The lowest BCUT2D eigenvalue weighted by molar-refractivity contribution is -0.128. The Balaban J connectivity index is 1.96. The van der Waals surface area contributed by atoms with Crippen molar-refractivity contribution in [3.05, 3.63) is 42.5 Å². The van der Waals surface area contributed by atoms with Gasteiger partial charge in [-0.25, -0.2) is 0 Å². The van der Waals surface area contributed by atoms with E-state index in [0.717, 1.165) is 17.9 Å². The average molecular weight is 259 g/mol. The van der Waals surface area contributed by atoms with Gasteiger partial charge in [0.15, 0.2) is 0 Å². The monoisotopic (exact) mass is 259 g/mol. The Kier molecular flexibility index (Phi) is 4.25. The second-order valence-corrected chi connectivity index (χ2v) is 5.28. The summed E-state index contributed by atoms with van der Waals surface area (Å²) >= 11 is 0. The standard InChI is InChI=1S/C16H21NO2/c1-4-13-9-16(18)17(10-13)11-14-5-7-15(8-6-14)19-12(2)3/h4-8,12-13H,1,9-11H2,2-3H3. The maximum Gasteiger partial charge on any atom is 0.223 e.